The molecule has 1 aliphatic rings. The maximum Gasteiger partial charge on any atom is 0.339 e. The van der Waals surface area contributed by atoms with Crippen LogP contribution in [0.25, 0.3) is 0 Å². The summed E-state index contributed by atoms with van der Waals surface area (Å²) in [6.07, 6.45) is 1.58. The Labute approximate surface area is 185 Å². The summed E-state index contributed by atoms with van der Waals surface area (Å²) in [5.74, 6) is -1.97. The molecule has 0 heterocycles. The molecule has 0 bridgehead atoms. The molecule has 1 N–H and O–H groups in total. The second-order valence-electron chi connectivity index (χ2n) is 7.45. The van der Waals surface area contributed by atoms with Gasteiger partial charge in [0.25, 0.3) is 5.91 Å². The van der Waals surface area contributed by atoms with Crippen molar-refractivity contribution in [2.24, 2.45) is 0 Å². The molecule has 0 atom stereocenters. The molecular weight excluding hydrogens is 406 g/mol. The first-order chi connectivity index (χ1) is 15.6. The van der Waals surface area contributed by atoms with Crippen molar-refractivity contribution in [3.63, 3.8) is 0 Å². The smallest absolute Gasteiger partial charge is 0.339 e. The lowest BCUT2D eigenvalue weighted by Crippen LogP contribution is -2.30. The Balaban J connectivity index is 1.37. The van der Waals surface area contributed by atoms with E-state index in [4.69, 9.17) is 4.74 Å². The average Bonchev–Trinajstić information content (AvgIpc) is 2.84. The number of aryl methyl sites for hydroxylation is 1. The van der Waals surface area contributed by atoms with Gasteiger partial charge in [-0.2, -0.15) is 0 Å². The third-order valence-corrected chi connectivity index (χ3v) is 5.31. The first-order valence-corrected chi connectivity index (χ1v) is 10.4. The standard InChI is InChI=1S/C26H21NO5/c28-22(27-15-7-10-17-8-2-1-3-9-17)16-32-26(31)21-14-6-13-20-23(21)25(30)19-12-5-4-11-18(19)24(20)29/h1-6,8-9,11-14H,7,10,15-16H2,(H,27,28). The van der Waals surface area contributed by atoms with Crippen molar-refractivity contribution in [3.8, 4) is 0 Å². The van der Waals surface area contributed by atoms with E-state index < -0.39 is 24.3 Å². The molecule has 0 unspecified atom stereocenters. The van der Waals surface area contributed by atoms with Crippen LogP contribution in [0.15, 0.2) is 72.8 Å². The predicted octanol–water partition coefficient (Wildman–Crippen LogP) is 3.37. The summed E-state index contributed by atoms with van der Waals surface area (Å²) in [5.41, 5.74) is 1.90. The summed E-state index contributed by atoms with van der Waals surface area (Å²) >= 11 is 0. The number of benzene rings is 3. The van der Waals surface area contributed by atoms with Crippen LogP contribution in [-0.2, 0) is 16.0 Å². The molecule has 6 nitrogen and oxygen atoms in total. The molecule has 0 fully saturated rings. The summed E-state index contributed by atoms with van der Waals surface area (Å²) in [7, 11) is 0. The van der Waals surface area contributed by atoms with Crippen LogP contribution in [0.2, 0.25) is 0 Å². The van der Waals surface area contributed by atoms with Crippen molar-refractivity contribution in [2.75, 3.05) is 13.2 Å². The minimum absolute atomic E-state index is 0.0180. The van der Waals surface area contributed by atoms with Crippen LogP contribution in [0.3, 0.4) is 0 Å². The van der Waals surface area contributed by atoms with Crippen LogP contribution in [0.5, 0.6) is 0 Å². The highest BCUT2D eigenvalue weighted by Crippen LogP contribution is 2.29. The number of hydrogen-bond donors (Lipinski definition) is 1. The van der Waals surface area contributed by atoms with Crippen molar-refractivity contribution in [3.05, 3.63) is 106 Å². The summed E-state index contributed by atoms with van der Waals surface area (Å²) in [6.45, 7) is -0.0116. The Hall–Kier alpha value is -4.06. The van der Waals surface area contributed by atoms with Crippen molar-refractivity contribution < 1.29 is 23.9 Å². The van der Waals surface area contributed by atoms with Crippen molar-refractivity contribution in [1.82, 2.24) is 5.32 Å². The molecule has 32 heavy (non-hydrogen) atoms. The van der Waals surface area contributed by atoms with E-state index in [-0.39, 0.29) is 28.0 Å². The van der Waals surface area contributed by atoms with Crippen LogP contribution in [-0.4, -0.2) is 36.6 Å². The van der Waals surface area contributed by atoms with Gasteiger partial charge in [-0.05, 0) is 24.5 Å². The lowest BCUT2D eigenvalue weighted by atomic mass is 9.82. The number of rotatable bonds is 7. The summed E-state index contributed by atoms with van der Waals surface area (Å²) in [5, 5.41) is 2.71. The quantitative estimate of drug-likeness (QED) is 0.361. The maximum atomic E-state index is 13.0. The normalized spacial score (nSPS) is 12.0. The third kappa shape index (κ3) is 4.34. The third-order valence-electron chi connectivity index (χ3n) is 5.31. The molecule has 0 aliphatic heterocycles. The number of ether oxygens (including phenoxy) is 1. The van der Waals surface area contributed by atoms with Gasteiger partial charge in [-0.25, -0.2) is 4.79 Å². The molecule has 0 spiro atoms. The van der Waals surface area contributed by atoms with Crippen molar-refractivity contribution in [2.45, 2.75) is 12.8 Å². The minimum Gasteiger partial charge on any atom is -0.452 e. The van der Waals surface area contributed by atoms with Crippen LogP contribution in [0.4, 0.5) is 0 Å². The first kappa shape index (κ1) is 21.2. The fourth-order valence-corrected chi connectivity index (χ4v) is 3.74. The zero-order valence-corrected chi connectivity index (χ0v) is 17.3. The highest BCUT2D eigenvalue weighted by molar-refractivity contribution is 6.30. The van der Waals surface area contributed by atoms with Gasteiger partial charge >= 0.3 is 5.97 Å². The molecule has 6 heteroatoms. The van der Waals surface area contributed by atoms with Gasteiger partial charge < -0.3 is 10.1 Å². The Kier molecular flexibility index (Phi) is 6.22. The fraction of sp³-hybridized carbons (Fsp3) is 0.154. The van der Waals surface area contributed by atoms with E-state index in [1.165, 1.54) is 23.8 Å². The van der Waals surface area contributed by atoms with Gasteiger partial charge in [0.1, 0.15) is 0 Å². The highest BCUT2D eigenvalue weighted by Gasteiger charge is 2.33. The number of carbonyl (C=O) groups is 4. The Morgan fingerprint density at radius 3 is 2.16 bits per heavy atom. The van der Waals surface area contributed by atoms with Gasteiger partial charge in [-0.3, -0.25) is 14.4 Å². The van der Waals surface area contributed by atoms with Crippen LogP contribution in [0, 0.1) is 0 Å². The molecule has 1 amide bonds. The Morgan fingerprint density at radius 2 is 1.41 bits per heavy atom. The first-order valence-electron chi connectivity index (χ1n) is 10.4. The van der Waals surface area contributed by atoms with E-state index in [1.54, 1.807) is 24.3 Å². The number of nitrogens with one attached hydrogen (secondary N) is 1. The monoisotopic (exact) mass is 427 g/mol. The van der Waals surface area contributed by atoms with Gasteiger partial charge in [0.15, 0.2) is 18.2 Å². The number of amides is 1. The number of hydrogen-bond acceptors (Lipinski definition) is 5. The second kappa shape index (κ2) is 9.39. The van der Waals surface area contributed by atoms with Crippen LogP contribution in [0.1, 0.15) is 54.2 Å². The molecule has 4 rings (SSSR count). The largest absolute Gasteiger partial charge is 0.452 e. The number of esters is 1. The Morgan fingerprint density at radius 1 is 0.750 bits per heavy atom. The summed E-state index contributed by atoms with van der Waals surface area (Å²) < 4.78 is 5.13. The topological polar surface area (TPSA) is 89.5 Å². The lowest BCUT2D eigenvalue weighted by molar-refractivity contribution is -0.124. The summed E-state index contributed by atoms with van der Waals surface area (Å²) in [6, 6.07) is 20.9. The molecule has 0 saturated heterocycles. The molecule has 160 valence electrons. The van der Waals surface area contributed by atoms with Crippen molar-refractivity contribution >= 4 is 23.4 Å². The van der Waals surface area contributed by atoms with Crippen molar-refractivity contribution in [1.29, 1.82) is 0 Å². The van der Waals surface area contributed by atoms with E-state index >= 15 is 0 Å². The fourth-order valence-electron chi connectivity index (χ4n) is 3.74. The van der Waals surface area contributed by atoms with E-state index in [9.17, 15) is 19.2 Å². The van der Waals surface area contributed by atoms with Crippen LogP contribution < -0.4 is 5.32 Å². The number of fused-ring (bicyclic) bond motifs is 2. The molecule has 0 radical (unpaired) electrons. The van der Waals surface area contributed by atoms with Gasteiger partial charge in [-0.15, -0.1) is 0 Å². The molecule has 0 aromatic heterocycles. The van der Waals surface area contributed by atoms with E-state index in [0.29, 0.717) is 12.1 Å². The van der Waals surface area contributed by atoms with E-state index in [0.717, 1.165) is 12.8 Å². The summed E-state index contributed by atoms with van der Waals surface area (Å²) in [4.78, 5) is 50.4. The highest BCUT2D eigenvalue weighted by atomic mass is 16.5. The lowest BCUT2D eigenvalue weighted by Gasteiger charge is -2.19. The minimum atomic E-state index is -0.818. The second-order valence-corrected chi connectivity index (χ2v) is 7.45. The van der Waals surface area contributed by atoms with Gasteiger partial charge in [0.05, 0.1) is 5.56 Å². The molecule has 0 saturated carbocycles. The van der Waals surface area contributed by atoms with Gasteiger partial charge in [0.2, 0.25) is 0 Å². The van der Waals surface area contributed by atoms with E-state index in [2.05, 4.69) is 5.32 Å². The molecule has 3 aromatic carbocycles. The molecule has 1 aliphatic carbocycles. The van der Waals surface area contributed by atoms with Gasteiger partial charge in [-0.1, -0.05) is 66.7 Å². The zero-order valence-electron chi connectivity index (χ0n) is 17.3. The molecule has 3 aromatic rings. The Bertz CT molecular complexity index is 1200. The number of carbonyl (C=O) groups excluding carboxylic acids is 4. The van der Waals surface area contributed by atoms with E-state index in [1.807, 2.05) is 30.3 Å². The number of ketones is 2. The average molecular weight is 427 g/mol. The maximum absolute atomic E-state index is 13.0. The SMILES string of the molecule is O=C(COC(=O)c1cccc2c1C(=O)c1ccccc1C2=O)NCCCc1ccccc1. The predicted molar refractivity (Wildman–Crippen MR) is 118 cm³/mol. The molecular formula is C26H21NO5. The zero-order chi connectivity index (χ0) is 22.5. The van der Waals surface area contributed by atoms with Gasteiger partial charge in [0, 0.05) is 28.8 Å². The van der Waals surface area contributed by atoms with Crippen LogP contribution >= 0.6 is 0 Å².